The van der Waals surface area contributed by atoms with Gasteiger partial charge in [0.1, 0.15) is 0 Å². The Morgan fingerprint density at radius 1 is 1.15 bits per heavy atom. The van der Waals surface area contributed by atoms with Crippen molar-refractivity contribution in [2.45, 2.75) is 26.1 Å². The van der Waals surface area contributed by atoms with Crippen LogP contribution in [-0.4, -0.2) is 5.26 Å². The average molecular weight is 423 g/mol. The van der Waals surface area contributed by atoms with Gasteiger partial charge in [0.05, 0.1) is 0 Å². The topological polar surface area (TPSA) is 0 Å². The van der Waals surface area contributed by atoms with Crippen molar-refractivity contribution in [3.8, 4) is 0 Å². The van der Waals surface area contributed by atoms with Crippen LogP contribution in [-0.2, 0) is 22.1 Å². The van der Waals surface area contributed by atoms with E-state index >= 15 is 0 Å². The first kappa shape index (κ1) is 19.9. The van der Waals surface area contributed by atoms with E-state index < -0.39 is 5.26 Å². The Labute approximate surface area is 111 Å². The third-order valence-electron chi connectivity index (χ3n) is 1.31. The van der Waals surface area contributed by atoms with Gasteiger partial charge in [0.15, 0.2) is 0 Å². The summed E-state index contributed by atoms with van der Waals surface area (Å²) in [5.41, 5.74) is 0. The van der Waals surface area contributed by atoms with E-state index in [1.165, 1.54) is 6.42 Å². The van der Waals surface area contributed by atoms with Crippen LogP contribution >= 0.6 is 0 Å². The van der Waals surface area contributed by atoms with Crippen LogP contribution in [0.1, 0.15) is 6.42 Å². The second kappa shape index (κ2) is 8.72. The zero-order chi connectivity index (χ0) is 7.61. The minimum atomic E-state index is -0.636. The molecule has 1 aliphatic carbocycles. The molecule has 0 amide bonds. The maximum atomic E-state index is 2.51. The van der Waals surface area contributed by atoms with Crippen LogP contribution in [0.3, 0.4) is 0 Å². The van der Waals surface area contributed by atoms with E-state index in [1.807, 2.05) is 3.33 Å². The zero-order valence-corrected chi connectivity index (χ0v) is 14.9. The summed E-state index contributed by atoms with van der Waals surface area (Å²) < 4.78 is 1.83. The van der Waals surface area contributed by atoms with Crippen LogP contribution < -0.4 is 37.2 Å². The summed E-state index contributed by atoms with van der Waals surface area (Å²) in [6.07, 6.45) is 8.18. The van der Waals surface area contributed by atoms with E-state index in [2.05, 4.69) is 37.9 Å². The first-order chi connectivity index (χ1) is 4.58. The van der Waals surface area contributed by atoms with Crippen LogP contribution in [0.5, 0.6) is 0 Å². The summed E-state index contributed by atoms with van der Waals surface area (Å²) in [7, 11) is 0. The van der Waals surface area contributed by atoms with Gasteiger partial charge in [0.25, 0.3) is 0 Å². The normalized spacial score (nSPS) is 13.0. The van der Waals surface area contributed by atoms with Gasteiger partial charge >= 0.3 is 75.0 Å². The Morgan fingerprint density at radius 3 is 2.00 bits per heavy atom. The molecule has 0 aromatic carbocycles. The fourth-order valence-corrected chi connectivity index (χ4v) is 15.3. The van der Waals surface area contributed by atoms with Crippen LogP contribution in [0.4, 0.5) is 0 Å². The second-order valence-corrected chi connectivity index (χ2v) is 29.6. The van der Waals surface area contributed by atoms with Gasteiger partial charge in [-0.2, -0.15) is 0 Å². The van der Waals surface area contributed by atoms with Gasteiger partial charge in [0, 0.05) is 0 Å². The van der Waals surface area contributed by atoms with Crippen molar-refractivity contribution in [3.05, 3.63) is 21.6 Å². The number of hydrogen-bond donors (Lipinski definition) is 0. The maximum absolute atomic E-state index is 2.51. The third-order valence-corrected chi connectivity index (χ3v) is 15.3. The van der Waals surface area contributed by atoms with Crippen LogP contribution in [0.2, 0.25) is 19.6 Å². The minimum Gasteiger partial charge on any atom is -1.00 e. The summed E-state index contributed by atoms with van der Waals surface area (Å²) in [4.78, 5) is 0. The smallest absolute Gasteiger partial charge is 1.00 e. The number of halogens is 3. The summed E-state index contributed by atoms with van der Waals surface area (Å²) in [5, 5.41) is -0.636. The molecule has 75 valence electrons. The summed E-state index contributed by atoms with van der Waals surface area (Å²) in [6.45, 7) is 7.53. The molecule has 0 heterocycles. The molecule has 1 aliphatic rings. The molecular weight excluding hydrogens is 409 g/mol. The fourth-order valence-electron chi connectivity index (χ4n) is 1.02. The van der Waals surface area contributed by atoms with Gasteiger partial charge in [-0.05, 0) is 0 Å². The molecule has 0 saturated heterocycles. The largest absolute Gasteiger partial charge is 1.00 e. The molecule has 0 fully saturated rings. The van der Waals surface area contributed by atoms with E-state index in [9.17, 15) is 0 Å². The molecule has 0 atom stereocenters. The third kappa shape index (κ3) is 9.73. The van der Waals surface area contributed by atoms with Crippen molar-refractivity contribution < 1.29 is 59.3 Å². The monoisotopic (exact) mass is 423 g/mol. The molecule has 0 saturated carbocycles. The molecule has 0 spiro atoms. The summed E-state index contributed by atoms with van der Waals surface area (Å²) >= 11 is -0.321. The van der Waals surface area contributed by atoms with Crippen LogP contribution in [0.25, 0.3) is 0 Å². The van der Waals surface area contributed by atoms with E-state index in [0.29, 0.717) is 0 Å². The van der Waals surface area contributed by atoms with E-state index in [4.69, 9.17) is 0 Å². The Bertz CT molecular complexity index is 184. The molecule has 0 N–H and O–H groups in total. The standard InChI is InChI=1S/C5H5.C3H9Si.3ClH.Hf/c1-2-4-5-3-1;1-4(2)3;;;;/h1-3H,4H2;1-3H3;3*1H;/q;;;;;+3/p-3. The first-order valence-electron chi connectivity index (χ1n) is 3.72. The molecule has 0 radical (unpaired) electrons. The molecular formula is C8H14Cl3HfSi. The van der Waals surface area contributed by atoms with Gasteiger partial charge in [-0.15, -0.1) is 0 Å². The Kier molecular flexibility index (Phi) is 13.4. The van der Waals surface area contributed by atoms with Gasteiger partial charge in [-0.25, -0.2) is 0 Å². The van der Waals surface area contributed by atoms with Crippen molar-refractivity contribution in [1.29, 1.82) is 0 Å². The SMILES string of the molecule is C[Si](C)(C)[Hf+3][C]1=CC=CC1.[Cl-].[Cl-].[Cl-]. The van der Waals surface area contributed by atoms with Crippen LogP contribution in [0, 0.1) is 0 Å². The minimum absolute atomic E-state index is 0. The van der Waals surface area contributed by atoms with Gasteiger partial charge in [-0.3, -0.25) is 0 Å². The van der Waals surface area contributed by atoms with Gasteiger partial charge in [0.2, 0.25) is 0 Å². The molecule has 1 rings (SSSR count). The van der Waals surface area contributed by atoms with Crippen molar-refractivity contribution in [2.75, 3.05) is 0 Å². The molecule has 0 aromatic rings. The number of allylic oxidation sites excluding steroid dienone is 4. The van der Waals surface area contributed by atoms with Crippen molar-refractivity contribution in [1.82, 2.24) is 0 Å². The quantitative estimate of drug-likeness (QED) is 0.388. The second-order valence-electron chi connectivity index (χ2n) is 3.70. The van der Waals surface area contributed by atoms with Gasteiger partial charge < -0.3 is 37.2 Å². The fraction of sp³-hybridized carbons (Fsp3) is 0.500. The van der Waals surface area contributed by atoms with Gasteiger partial charge in [-0.1, -0.05) is 0 Å². The van der Waals surface area contributed by atoms with E-state index in [1.54, 1.807) is 0 Å². The Morgan fingerprint density at radius 2 is 1.69 bits per heavy atom. The average Bonchev–Trinajstić information content (AvgIpc) is 2.12. The van der Waals surface area contributed by atoms with E-state index in [0.717, 1.165) is 0 Å². The number of hydrogen-bond acceptors (Lipinski definition) is 0. The molecule has 0 nitrogen and oxygen atoms in total. The summed E-state index contributed by atoms with van der Waals surface area (Å²) in [6, 6.07) is 0. The summed E-state index contributed by atoms with van der Waals surface area (Å²) in [5.74, 6) is 0. The molecule has 5 heteroatoms. The predicted molar refractivity (Wildman–Crippen MR) is 45.2 cm³/mol. The van der Waals surface area contributed by atoms with Crippen molar-refractivity contribution in [2.24, 2.45) is 0 Å². The first-order valence-corrected chi connectivity index (χ1v) is 14.4. The molecule has 13 heavy (non-hydrogen) atoms. The maximum Gasteiger partial charge on any atom is -1.00 e. The van der Waals surface area contributed by atoms with Crippen molar-refractivity contribution >= 4 is 5.26 Å². The molecule has 0 aromatic heterocycles. The van der Waals surface area contributed by atoms with Crippen molar-refractivity contribution in [3.63, 3.8) is 0 Å². The Hall–Kier alpha value is 1.44. The molecule has 0 unspecified atom stereocenters. The predicted octanol–water partition coefficient (Wildman–Crippen LogP) is -6.24. The number of rotatable bonds is 2. The zero-order valence-electron chi connectivity index (χ0n) is 8.07. The van der Waals surface area contributed by atoms with E-state index in [-0.39, 0.29) is 59.3 Å². The Balaban J connectivity index is -0.000000333. The van der Waals surface area contributed by atoms with Crippen LogP contribution in [0.15, 0.2) is 21.6 Å². The molecule has 0 aliphatic heterocycles. The molecule has 0 bridgehead atoms.